The van der Waals surface area contributed by atoms with E-state index in [0.717, 1.165) is 59.8 Å². The molecule has 1 aromatic carbocycles. The quantitative estimate of drug-likeness (QED) is 0.515. The third kappa shape index (κ3) is 3.73. The molecule has 2 N–H and O–H groups in total. The van der Waals surface area contributed by atoms with Gasteiger partial charge in [-0.1, -0.05) is 12.1 Å². The predicted molar refractivity (Wildman–Crippen MR) is 132 cm³/mol. The Labute approximate surface area is 193 Å². The molecule has 33 heavy (non-hydrogen) atoms. The first-order valence-electron chi connectivity index (χ1n) is 11.6. The van der Waals surface area contributed by atoms with E-state index in [9.17, 15) is 0 Å². The summed E-state index contributed by atoms with van der Waals surface area (Å²) in [7, 11) is 0. The van der Waals surface area contributed by atoms with Crippen molar-refractivity contribution in [2.75, 3.05) is 41.7 Å². The first-order valence-corrected chi connectivity index (χ1v) is 11.6. The molecule has 2 aliphatic heterocycles. The molecule has 2 saturated heterocycles. The van der Waals surface area contributed by atoms with E-state index in [-0.39, 0.29) is 0 Å². The van der Waals surface area contributed by atoms with Gasteiger partial charge in [0.05, 0.1) is 5.52 Å². The summed E-state index contributed by atoms with van der Waals surface area (Å²) in [6.07, 6.45) is 8.89. The predicted octanol–water partition coefficient (Wildman–Crippen LogP) is 4.17. The highest BCUT2D eigenvalue weighted by atomic mass is 15.2. The fourth-order valence-corrected chi connectivity index (χ4v) is 5.37. The Bertz CT molecular complexity index is 1280. The lowest BCUT2D eigenvalue weighted by Gasteiger charge is -2.40. The van der Waals surface area contributed by atoms with Crippen LogP contribution in [-0.2, 0) is 0 Å². The summed E-state index contributed by atoms with van der Waals surface area (Å²) in [6.45, 7) is 4.20. The van der Waals surface area contributed by atoms with Crippen LogP contribution in [0.1, 0.15) is 19.3 Å². The van der Waals surface area contributed by atoms with E-state index in [2.05, 4.69) is 55.1 Å². The number of nitrogens with zero attached hydrogens (tertiary/aromatic N) is 6. The molecule has 5 heterocycles. The van der Waals surface area contributed by atoms with E-state index in [1.165, 1.54) is 19.3 Å². The van der Waals surface area contributed by atoms with Crippen LogP contribution in [0.2, 0.25) is 0 Å². The van der Waals surface area contributed by atoms with Gasteiger partial charge in [0.15, 0.2) is 0 Å². The smallest absolute Gasteiger partial charge is 0.139 e. The molecule has 0 aliphatic carbocycles. The molecule has 0 radical (unpaired) electrons. The van der Waals surface area contributed by atoms with Crippen LogP contribution in [0.25, 0.3) is 22.0 Å². The normalized spacial score (nSPS) is 17.7. The van der Waals surface area contributed by atoms with Crippen LogP contribution < -0.4 is 15.5 Å². The first kappa shape index (κ1) is 19.9. The van der Waals surface area contributed by atoms with Gasteiger partial charge in [-0.05, 0) is 72.2 Å². The molecule has 0 amide bonds. The minimum atomic E-state index is 0.372. The number of benzene rings is 1. The van der Waals surface area contributed by atoms with E-state index in [0.29, 0.717) is 11.2 Å². The van der Waals surface area contributed by atoms with Gasteiger partial charge in [-0.15, -0.1) is 0 Å². The molecule has 0 bridgehead atoms. The Morgan fingerprint density at radius 1 is 0.758 bits per heavy atom. The lowest BCUT2D eigenvalue weighted by Crippen LogP contribution is -2.42. The van der Waals surface area contributed by atoms with Gasteiger partial charge < -0.3 is 15.5 Å². The van der Waals surface area contributed by atoms with Crippen LogP contribution in [0, 0.1) is 5.41 Å². The van der Waals surface area contributed by atoms with E-state index in [4.69, 9.17) is 10.7 Å². The maximum Gasteiger partial charge on any atom is 0.139 e. The monoisotopic (exact) mass is 437 g/mol. The first-order chi connectivity index (χ1) is 16.2. The molecule has 0 saturated carbocycles. The Morgan fingerprint density at radius 2 is 1.58 bits per heavy atom. The standard InChI is InChI=1S/C26H27N7/c27-23-16-20(6-11-28-23)19-4-5-22-21(15-19)25(31-18-30-22)32-12-7-26(8-13-32)9-14-33(17-26)24-3-1-2-10-29-24/h1-6,10-11,15-16,18H,7-9,12-14,17H2,(H2,27,28). The molecular formula is C26H27N7. The zero-order chi connectivity index (χ0) is 22.3. The maximum atomic E-state index is 5.91. The van der Waals surface area contributed by atoms with Gasteiger partial charge in [0.1, 0.15) is 23.8 Å². The van der Waals surface area contributed by atoms with E-state index < -0.39 is 0 Å². The molecule has 0 unspecified atom stereocenters. The molecular weight excluding hydrogens is 410 g/mol. The summed E-state index contributed by atoms with van der Waals surface area (Å²) in [5, 5.41) is 1.09. The Hall–Kier alpha value is -3.74. The Kier molecular flexibility index (Phi) is 4.82. The highest BCUT2D eigenvalue weighted by Gasteiger charge is 2.41. The van der Waals surface area contributed by atoms with Crippen molar-refractivity contribution in [3.63, 3.8) is 0 Å². The summed E-state index contributed by atoms with van der Waals surface area (Å²) < 4.78 is 0. The van der Waals surface area contributed by atoms with Crippen LogP contribution in [-0.4, -0.2) is 46.1 Å². The average Bonchev–Trinajstić information content (AvgIpc) is 3.28. The van der Waals surface area contributed by atoms with E-state index >= 15 is 0 Å². The molecule has 7 heteroatoms. The highest BCUT2D eigenvalue weighted by molar-refractivity contribution is 5.93. The number of aromatic nitrogens is 4. The van der Waals surface area contributed by atoms with Gasteiger partial charge in [-0.2, -0.15) is 0 Å². The van der Waals surface area contributed by atoms with Gasteiger partial charge in [0.25, 0.3) is 0 Å². The van der Waals surface area contributed by atoms with Crippen molar-refractivity contribution in [1.29, 1.82) is 0 Å². The van der Waals surface area contributed by atoms with Crippen molar-refractivity contribution in [2.24, 2.45) is 5.41 Å². The van der Waals surface area contributed by atoms with Crippen LogP contribution in [0.5, 0.6) is 0 Å². The number of hydrogen-bond acceptors (Lipinski definition) is 7. The summed E-state index contributed by atoms with van der Waals surface area (Å²) >= 11 is 0. The molecule has 7 nitrogen and oxygen atoms in total. The second kappa shape index (κ2) is 7.99. The van der Waals surface area contributed by atoms with E-state index in [1.807, 2.05) is 24.4 Å². The Morgan fingerprint density at radius 3 is 2.36 bits per heavy atom. The van der Waals surface area contributed by atoms with Crippen molar-refractivity contribution in [1.82, 2.24) is 19.9 Å². The van der Waals surface area contributed by atoms with Gasteiger partial charge in [0.2, 0.25) is 0 Å². The third-order valence-corrected chi connectivity index (χ3v) is 7.26. The maximum absolute atomic E-state index is 5.91. The number of piperidine rings is 1. The zero-order valence-electron chi connectivity index (χ0n) is 18.6. The fraction of sp³-hybridized carbons (Fsp3) is 0.308. The third-order valence-electron chi connectivity index (χ3n) is 7.26. The van der Waals surface area contributed by atoms with Crippen molar-refractivity contribution in [2.45, 2.75) is 19.3 Å². The van der Waals surface area contributed by atoms with Gasteiger partial charge in [-0.25, -0.2) is 19.9 Å². The number of anilines is 3. The lowest BCUT2D eigenvalue weighted by atomic mass is 9.77. The molecule has 3 aromatic heterocycles. The zero-order valence-corrected chi connectivity index (χ0v) is 18.6. The fourth-order valence-electron chi connectivity index (χ4n) is 5.37. The van der Waals surface area contributed by atoms with Crippen LogP contribution >= 0.6 is 0 Å². The minimum Gasteiger partial charge on any atom is -0.384 e. The minimum absolute atomic E-state index is 0.372. The lowest BCUT2D eigenvalue weighted by molar-refractivity contribution is 0.250. The number of rotatable bonds is 3. The number of fused-ring (bicyclic) bond motifs is 1. The van der Waals surface area contributed by atoms with Gasteiger partial charge in [0, 0.05) is 44.0 Å². The molecule has 6 rings (SSSR count). The van der Waals surface area contributed by atoms with Crippen LogP contribution in [0.3, 0.4) is 0 Å². The average molecular weight is 438 g/mol. The Balaban J connectivity index is 1.24. The number of pyridine rings is 2. The number of nitrogen functional groups attached to an aromatic ring is 1. The highest BCUT2D eigenvalue weighted by Crippen LogP contribution is 2.43. The molecule has 2 fully saturated rings. The van der Waals surface area contributed by atoms with Crippen LogP contribution in [0.15, 0.2) is 67.3 Å². The summed E-state index contributed by atoms with van der Waals surface area (Å²) in [5.41, 5.74) is 9.40. The molecule has 166 valence electrons. The largest absolute Gasteiger partial charge is 0.384 e. The number of hydrogen-bond donors (Lipinski definition) is 1. The van der Waals surface area contributed by atoms with Crippen molar-refractivity contribution >= 4 is 28.4 Å². The second-order valence-electron chi connectivity index (χ2n) is 9.25. The molecule has 4 aromatic rings. The van der Waals surface area contributed by atoms with Crippen molar-refractivity contribution in [3.05, 3.63) is 67.3 Å². The SMILES string of the molecule is Nc1cc(-c2ccc3ncnc(N4CCC5(CCN(c6ccccn6)C5)CC4)c3c2)ccn1. The molecule has 2 aliphatic rings. The summed E-state index contributed by atoms with van der Waals surface area (Å²) in [5.74, 6) is 2.65. The molecule has 1 spiro atoms. The second-order valence-corrected chi connectivity index (χ2v) is 9.25. The molecule has 0 atom stereocenters. The summed E-state index contributed by atoms with van der Waals surface area (Å²) in [6, 6.07) is 16.4. The van der Waals surface area contributed by atoms with Gasteiger partial charge >= 0.3 is 0 Å². The van der Waals surface area contributed by atoms with Gasteiger partial charge in [-0.3, -0.25) is 0 Å². The van der Waals surface area contributed by atoms with E-state index in [1.54, 1.807) is 12.5 Å². The topological polar surface area (TPSA) is 84.1 Å². The number of nitrogens with two attached hydrogens (primary N) is 1. The summed E-state index contributed by atoms with van der Waals surface area (Å²) in [4.78, 5) is 22.8. The van der Waals surface area contributed by atoms with Crippen LogP contribution in [0.4, 0.5) is 17.5 Å². The van der Waals surface area contributed by atoms with Crippen molar-refractivity contribution in [3.8, 4) is 11.1 Å². The van der Waals surface area contributed by atoms with Crippen molar-refractivity contribution < 1.29 is 0 Å².